The third kappa shape index (κ3) is 3.49. The van der Waals surface area contributed by atoms with Crippen LogP contribution in [0.15, 0.2) is 18.2 Å². The van der Waals surface area contributed by atoms with Gasteiger partial charge in [-0.2, -0.15) is 0 Å². The second-order valence-electron chi connectivity index (χ2n) is 5.21. The number of ether oxygens (including phenoxy) is 1. The molecule has 112 valence electrons. The van der Waals surface area contributed by atoms with E-state index in [0.29, 0.717) is 24.0 Å². The highest BCUT2D eigenvalue weighted by Gasteiger charge is 2.19. The molecule has 3 rings (SSSR count). The molecule has 0 spiro atoms. The molecule has 0 radical (unpaired) electrons. The number of nitrogens with two attached hydrogens (primary N) is 1. The molecule has 0 aliphatic carbocycles. The third-order valence-electron chi connectivity index (χ3n) is 3.35. The van der Waals surface area contributed by atoms with Crippen LogP contribution in [0, 0.1) is 0 Å². The van der Waals surface area contributed by atoms with E-state index in [4.69, 9.17) is 10.5 Å². The van der Waals surface area contributed by atoms with Gasteiger partial charge in [0.05, 0.1) is 29.5 Å². The maximum Gasteiger partial charge on any atom is 0.240 e. The first-order valence-corrected chi connectivity index (χ1v) is 7.72. The Morgan fingerprint density at radius 3 is 3.29 bits per heavy atom. The summed E-state index contributed by atoms with van der Waals surface area (Å²) in [5, 5.41) is 3.47. The first kappa shape index (κ1) is 14.2. The van der Waals surface area contributed by atoms with E-state index in [1.807, 2.05) is 25.1 Å². The van der Waals surface area contributed by atoms with E-state index in [0.717, 1.165) is 23.3 Å². The number of nitrogens with one attached hydrogen (secondary N) is 1. The molecule has 1 atom stereocenters. The lowest BCUT2D eigenvalue weighted by Crippen LogP contribution is -2.44. The largest absolute Gasteiger partial charge is 0.399 e. The van der Waals surface area contributed by atoms with Crippen LogP contribution in [0.4, 0.5) is 10.8 Å². The number of thiazole rings is 1. The summed E-state index contributed by atoms with van der Waals surface area (Å²) in [6.45, 7) is 4.63. The van der Waals surface area contributed by atoms with Crippen LogP contribution >= 0.6 is 11.3 Å². The van der Waals surface area contributed by atoms with Gasteiger partial charge in [-0.15, -0.1) is 0 Å². The van der Waals surface area contributed by atoms with Crippen LogP contribution in [0.5, 0.6) is 0 Å². The molecule has 0 bridgehead atoms. The van der Waals surface area contributed by atoms with Crippen LogP contribution < -0.4 is 11.1 Å². The van der Waals surface area contributed by atoms with E-state index in [1.165, 1.54) is 11.3 Å². The first-order chi connectivity index (χ1) is 10.1. The lowest BCUT2D eigenvalue weighted by atomic mass is 10.3. The molecule has 21 heavy (non-hydrogen) atoms. The highest BCUT2D eigenvalue weighted by molar-refractivity contribution is 7.22. The van der Waals surface area contributed by atoms with Gasteiger partial charge in [-0.25, -0.2) is 4.98 Å². The fourth-order valence-corrected chi connectivity index (χ4v) is 3.32. The van der Waals surface area contributed by atoms with Crippen LogP contribution in [0.1, 0.15) is 6.92 Å². The van der Waals surface area contributed by atoms with E-state index in [2.05, 4.69) is 15.2 Å². The van der Waals surface area contributed by atoms with Crippen molar-refractivity contribution in [3.63, 3.8) is 0 Å². The van der Waals surface area contributed by atoms with Crippen molar-refractivity contribution in [1.82, 2.24) is 9.88 Å². The number of anilines is 2. The molecule has 0 saturated carbocycles. The number of hydrogen-bond acceptors (Lipinski definition) is 6. The number of hydrogen-bond donors (Lipinski definition) is 2. The van der Waals surface area contributed by atoms with Gasteiger partial charge >= 0.3 is 0 Å². The van der Waals surface area contributed by atoms with E-state index < -0.39 is 0 Å². The van der Waals surface area contributed by atoms with Gasteiger partial charge in [-0.3, -0.25) is 9.69 Å². The normalized spacial score (nSPS) is 19.8. The summed E-state index contributed by atoms with van der Waals surface area (Å²) >= 11 is 1.44. The van der Waals surface area contributed by atoms with Crippen molar-refractivity contribution < 1.29 is 9.53 Å². The fraction of sp³-hybridized carbons (Fsp3) is 0.429. The Balaban J connectivity index is 1.63. The van der Waals surface area contributed by atoms with Gasteiger partial charge in [-0.1, -0.05) is 11.3 Å². The quantitative estimate of drug-likeness (QED) is 0.841. The number of amides is 1. The monoisotopic (exact) mass is 306 g/mol. The molecule has 1 aromatic heterocycles. The van der Waals surface area contributed by atoms with Gasteiger partial charge in [-0.05, 0) is 25.1 Å². The maximum atomic E-state index is 12.1. The Morgan fingerprint density at radius 1 is 1.62 bits per heavy atom. The van der Waals surface area contributed by atoms with Crippen LogP contribution in [0.3, 0.4) is 0 Å². The molecule has 3 N–H and O–H groups in total. The SMILES string of the molecule is CC1CN(CC(=O)Nc2nc3ccc(N)cc3s2)CCO1. The van der Waals surface area contributed by atoms with Gasteiger partial charge in [0.25, 0.3) is 0 Å². The van der Waals surface area contributed by atoms with E-state index >= 15 is 0 Å². The molecule has 2 aromatic rings. The second kappa shape index (κ2) is 5.97. The van der Waals surface area contributed by atoms with Crippen molar-refractivity contribution in [1.29, 1.82) is 0 Å². The van der Waals surface area contributed by atoms with Crippen molar-refractivity contribution in [2.45, 2.75) is 13.0 Å². The third-order valence-corrected chi connectivity index (χ3v) is 4.28. The lowest BCUT2D eigenvalue weighted by molar-refractivity contribution is -0.119. The Morgan fingerprint density at radius 2 is 2.48 bits per heavy atom. The smallest absolute Gasteiger partial charge is 0.240 e. The lowest BCUT2D eigenvalue weighted by Gasteiger charge is -2.30. The molecule has 6 nitrogen and oxygen atoms in total. The molecular weight excluding hydrogens is 288 g/mol. The van der Waals surface area contributed by atoms with Gasteiger partial charge in [0.2, 0.25) is 5.91 Å². The average Bonchev–Trinajstić information content (AvgIpc) is 2.79. The summed E-state index contributed by atoms with van der Waals surface area (Å²) in [6, 6.07) is 5.54. The summed E-state index contributed by atoms with van der Waals surface area (Å²) in [5.41, 5.74) is 7.30. The second-order valence-corrected chi connectivity index (χ2v) is 6.24. The number of nitrogen functional groups attached to an aromatic ring is 1. The summed E-state index contributed by atoms with van der Waals surface area (Å²) in [7, 11) is 0. The number of aromatic nitrogens is 1. The Bertz CT molecular complexity index is 657. The minimum Gasteiger partial charge on any atom is -0.399 e. The molecule has 1 aliphatic rings. The number of carbonyl (C=O) groups is 1. The summed E-state index contributed by atoms with van der Waals surface area (Å²) < 4.78 is 6.44. The zero-order valence-electron chi connectivity index (χ0n) is 11.8. The molecule has 1 aromatic carbocycles. The van der Waals surface area contributed by atoms with Crippen LogP contribution in [-0.2, 0) is 9.53 Å². The highest BCUT2D eigenvalue weighted by atomic mass is 32.1. The fourth-order valence-electron chi connectivity index (χ4n) is 2.39. The molecular formula is C14H18N4O2S. The standard InChI is InChI=1S/C14H18N4O2S/c1-9-7-18(4-5-20-9)8-13(19)17-14-16-11-3-2-10(15)6-12(11)21-14/h2-3,6,9H,4-5,7-8,15H2,1H3,(H,16,17,19). The number of morpholine rings is 1. The first-order valence-electron chi connectivity index (χ1n) is 6.90. The van der Waals surface area contributed by atoms with E-state index in [1.54, 1.807) is 0 Å². The highest BCUT2D eigenvalue weighted by Crippen LogP contribution is 2.27. The minimum absolute atomic E-state index is 0.0453. The molecule has 1 saturated heterocycles. The molecule has 1 aliphatic heterocycles. The van der Waals surface area contributed by atoms with E-state index in [9.17, 15) is 4.79 Å². The number of rotatable bonds is 3. The van der Waals surface area contributed by atoms with Gasteiger partial charge in [0.1, 0.15) is 0 Å². The number of fused-ring (bicyclic) bond motifs is 1. The van der Waals surface area contributed by atoms with Gasteiger partial charge < -0.3 is 15.8 Å². The van der Waals surface area contributed by atoms with Crippen molar-refractivity contribution in [2.75, 3.05) is 37.3 Å². The van der Waals surface area contributed by atoms with Gasteiger partial charge in [0.15, 0.2) is 5.13 Å². The topological polar surface area (TPSA) is 80.5 Å². The van der Waals surface area contributed by atoms with Crippen molar-refractivity contribution >= 4 is 38.3 Å². The molecule has 7 heteroatoms. The zero-order chi connectivity index (χ0) is 14.8. The van der Waals surface area contributed by atoms with Crippen LogP contribution in [0.2, 0.25) is 0 Å². The van der Waals surface area contributed by atoms with E-state index in [-0.39, 0.29) is 12.0 Å². The predicted octanol–water partition coefficient (Wildman–Crippen LogP) is 1.54. The average molecular weight is 306 g/mol. The molecule has 2 heterocycles. The Labute approximate surface area is 126 Å². The van der Waals surface area contributed by atoms with Crippen LogP contribution in [0.25, 0.3) is 10.2 Å². The zero-order valence-corrected chi connectivity index (χ0v) is 12.7. The minimum atomic E-state index is -0.0453. The van der Waals surface area contributed by atoms with Crippen molar-refractivity contribution in [3.8, 4) is 0 Å². The Kier molecular flexibility index (Phi) is 4.05. The van der Waals surface area contributed by atoms with Crippen molar-refractivity contribution in [2.24, 2.45) is 0 Å². The summed E-state index contributed by atoms with van der Waals surface area (Å²) in [6.07, 6.45) is 0.178. The summed E-state index contributed by atoms with van der Waals surface area (Å²) in [5.74, 6) is -0.0453. The summed E-state index contributed by atoms with van der Waals surface area (Å²) in [4.78, 5) is 18.6. The Hall–Kier alpha value is -1.70. The number of nitrogens with zero attached hydrogens (tertiary/aromatic N) is 2. The molecule has 1 amide bonds. The van der Waals surface area contributed by atoms with Crippen LogP contribution in [-0.4, -0.2) is 48.1 Å². The predicted molar refractivity (Wildman–Crippen MR) is 84.5 cm³/mol. The van der Waals surface area contributed by atoms with Gasteiger partial charge in [0, 0.05) is 18.8 Å². The van der Waals surface area contributed by atoms with Crippen molar-refractivity contribution in [3.05, 3.63) is 18.2 Å². The maximum absolute atomic E-state index is 12.1. The number of carbonyl (C=O) groups excluding carboxylic acids is 1. The molecule has 1 unspecified atom stereocenters. The number of benzene rings is 1. The molecule has 1 fully saturated rings.